The molecule has 0 bridgehead atoms. The van der Waals surface area contributed by atoms with Gasteiger partial charge in [0.25, 0.3) is 0 Å². The fourth-order valence-corrected chi connectivity index (χ4v) is 1.49. The summed E-state index contributed by atoms with van der Waals surface area (Å²) < 4.78 is 0. The Labute approximate surface area is 100 Å². The lowest BCUT2D eigenvalue weighted by atomic mass is 10.1. The maximum absolute atomic E-state index is 9.15. The molecule has 0 amide bonds. The van der Waals surface area contributed by atoms with E-state index in [1.54, 1.807) is 12.1 Å². The summed E-state index contributed by atoms with van der Waals surface area (Å²) in [6.45, 7) is 2.70. The fourth-order valence-electron chi connectivity index (χ4n) is 1.49. The number of phenolic OH excluding ortho intramolecular Hbond substituents is 1. The second-order valence-corrected chi connectivity index (χ2v) is 3.90. The van der Waals surface area contributed by atoms with Crippen LogP contribution in [0.5, 0.6) is 5.75 Å². The van der Waals surface area contributed by atoms with Crippen molar-refractivity contribution in [3.8, 4) is 5.75 Å². The van der Waals surface area contributed by atoms with Gasteiger partial charge in [0.1, 0.15) is 11.6 Å². The van der Waals surface area contributed by atoms with Crippen LogP contribution < -0.4 is 5.32 Å². The zero-order valence-electron chi connectivity index (χ0n) is 9.72. The summed E-state index contributed by atoms with van der Waals surface area (Å²) in [4.78, 5) is 0. The molecule has 17 heavy (non-hydrogen) atoms. The molecule has 4 nitrogen and oxygen atoms in total. The maximum Gasteiger partial charge on any atom is 0.148 e. The third-order valence-corrected chi connectivity index (χ3v) is 2.45. The first-order valence-corrected chi connectivity index (χ1v) is 5.56. The van der Waals surface area contributed by atoms with Gasteiger partial charge in [0.05, 0.1) is 5.69 Å². The van der Waals surface area contributed by atoms with Crippen molar-refractivity contribution in [2.45, 2.75) is 13.3 Å². The first-order chi connectivity index (χ1) is 8.24. The zero-order chi connectivity index (χ0) is 12.1. The quantitative estimate of drug-likeness (QED) is 0.843. The van der Waals surface area contributed by atoms with Crippen LogP contribution in [0.4, 0.5) is 5.82 Å². The van der Waals surface area contributed by atoms with Crippen LogP contribution in [0, 0.1) is 6.92 Å². The van der Waals surface area contributed by atoms with Crippen molar-refractivity contribution >= 4 is 5.82 Å². The highest BCUT2D eigenvalue weighted by Gasteiger charge is 1.96. The number of aryl methyl sites for hydroxylation is 1. The van der Waals surface area contributed by atoms with Gasteiger partial charge in [0.15, 0.2) is 0 Å². The highest BCUT2D eigenvalue weighted by Crippen LogP contribution is 2.10. The van der Waals surface area contributed by atoms with Gasteiger partial charge in [-0.1, -0.05) is 12.1 Å². The van der Waals surface area contributed by atoms with E-state index in [0.717, 1.165) is 24.5 Å². The van der Waals surface area contributed by atoms with E-state index in [0.29, 0.717) is 5.75 Å². The molecular weight excluding hydrogens is 214 g/mol. The summed E-state index contributed by atoms with van der Waals surface area (Å²) in [6.07, 6.45) is 0.885. The van der Waals surface area contributed by atoms with Gasteiger partial charge in [-0.15, -0.1) is 5.10 Å². The van der Waals surface area contributed by atoms with E-state index >= 15 is 0 Å². The molecule has 88 valence electrons. The van der Waals surface area contributed by atoms with Crippen LogP contribution >= 0.6 is 0 Å². The lowest BCUT2D eigenvalue weighted by Crippen LogP contribution is -2.06. The average Bonchev–Trinajstić information content (AvgIpc) is 2.34. The lowest BCUT2D eigenvalue weighted by molar-refractivity contribution is 0.475. The Bertz CT molecular complexity index is 420. The maximum atomic E-state index is 9.15. The molecule has 0 aliphatic carbocycles. The van der Waals surface area contributed by atoms with E-state index in [9.17, 15) is 0 Å². The van der Waals surface area contributed by atoms with Crippen molar-refractivity contribution in [2.75, 3.05) is 11.9 Å². The topological polar surface area (TPSA) is 58.0 Å². The Balaban J connectivity index is 1.83. The zero-order valence-corrected chi connectivity index (χ0v) is 9.72. The molecule has 1 aromatic heterocycles. The molecule has 0 radical (unpaired) electrons. The van der Waals surface area contributed by atoms with Gasteiger partial charge in [-0.05, 0) is 43.2 Å². The highest BCUT2D eigenvalue weighted by molar-refractivity contribution is 5.33. The van der Waals surface area contributed by atoms with E-state index in [2.05, 4.69) is 15.5 Å². The molecule has 0 saturated carbocycles. The molecule has 0 unspecified atom stereocenters. The van der Waals surface area contributed by atoms with Gasteiger partial charge in [0, 0.05) is 6.54 Å². The molecule has 2 rings (SSSR count). The van der Waals surface area contributed by atoms with E-state index < -0.39 is 0 Å². The van der Waals surface area contributed by atoms with E-state index in [1.165, 1.54) is 5.56 Å². The molecule has 4 heteroatoms. The monoisotopic (exact) mass is 229 g/mol. The minimum Gasteiger partial charge on any atom is -0.508 e. The Morgan fingerprint density at radius 3 is 2.47 bits per heavy atom. The van der Waals surface area contributed by atoms with Crippen molar-refractivity contribution < 1.29 is 5.11 Å². The van der Waals surface area contributed by atoms with Crippen molar-refractivity contribution in [3.63, 3.8) is 0 Å². The summed E-state index contributed by atoms with van der Waals surface area (Å²) in [5.41, 5.74) is 2.09. The third-order valence-electron chi connectivity index (χ3n) is 2.45. The van der Waals surface area contributed by atoms with Gasteiger partial charge in [0.2, 0.25) is 0 Å². The predicted octanol–water partition coefficient (Wildman–Crippen LogP) is 2.15. The number of anilines is 1. The standard InChI is InChI=1S/C13H15N3O/c1-10-2-7-13(16-15-10)14-9-8-11-3-5-12(17)6-4-11/h2-7,17H,8-9H2,1H3,(H,14,16). The van der Waals surface area contributed by atoms with Gasteiger partial charge in [-0.3, -0.25) is 0 Å². The molecular formula is C13H15N3O. The van der Waals surface area contributed by atoms with Gasteiger partial charge in [-0.25, -0.2) is 0 Å². The first-order valence-electron chi connectivity index (χ1n) is 5.56. The Morgan fingerprint density at radius 2 is 1.82 bits per heavy atom. The van der Waals surface area contributed by atoms with Crippen LogP contribution in [0.15, 0.2) is 36.4 Å². The van der Waals surface area contributed by atoms with Crippen LogP contribution in [0.2, 0.25) is 0 Å². The SMILES string of the molecule is Cc1ccc(NCCc2ccc(O)cc2)nn1. The van der Waals surface area contributed by atoms with Crippen molar-refractivity contribution in [1.29, 1.82) is 0 Å². The molecule has 0 saturated heterocycles. The number of hydrogen-bond acceptors (Lipinski definition) is 4. The first kappa shape index (κ1) is 11.4. The molecule has 0 aliphatic heterocycles. The van der Waals surface area contributed by atoms with Crippen molar-refractivity contribution in [2.24, 2.45) is 0 Å². The highest BCUT2D eigenvalue weighted by atomic mass is 16.3. The summed E-state index contributed by atoms with van der Waals surface area (Å²) in [6, 6.07) is 11.1. The normalized spacial score (nSPS) is 10.2. The molecule has 0 spiro atoms. The molecule has 0 atom stereocenters. The van der Waals surface area contributed by atoms with Gasteiger partial charge in [-0.2, -0.15) is 5.10 Å². The fraction of sp³-hybridized carbons (Fsp3) is 0.231. The summed E-state index contributed by atoms with van der Waals surface area (Å²) >= 11 is 0. The van der Waals surface area contributed by atoms with Crippen LogP contribution in [-0.2, 0) is 6.42 Å². The molecule has 2 N–H and O–H groups in total. The molecule has 0 aliphatic rings. The summed E-state index contributed by atoms with van der Waals surface area (Å²) in [7, 11) is 0. The average molecular weight is 229 g/mol. The number of nitrogens with zero attached hydrogens (tertiary/aromatic N) is 2. The Kier molecular flexibility index (Phi) is 3.55. The number of hydrogen-bond donors (Lipinski definition) is 2. The minimum atomic E-state index is 0.297. The van der Waals surface area contributed by atoms with Crippen molar-refractivity contribution in [3.05, 3.63) is 47.7 Å². The van der Waals surface area contributed by atoms with Crippen LogP contribution in [0.1, 0.15) is 11.3 Å². The predicted molar refractivity (Wildman–Crippen MR) is 67.1 cm³/mol. The van der Waals surface area contributed by atoms with Crippen molar-refractivity contribution in [1.82, 2.24) is 10.2 Å². The number of benzene rings is 1. The number of aromatic hydroxyl groups is 1. The summed E-state index contributed by atoms with van der Waals surface area (Å²) in [5, 5.41) is 20.3. The second kappa shape index (κ2) is 5.30. The molecule has 1 heterocycles. The van der Waals surface area contributed by atoms with Crippen LogP contribution in [0.3, 0.4) is 0 Å². The molecule has 2 aromatic rings. The number of aromatic nitrogens is 2. The van der Waals surface area contributed by atoms with Crippen LogP contribution in [0.25, 0.3) is 0 Å². The van der Waals surface area contributed by atoms with E-state index in [1.807, 2.05) is 31.2 Å². The molecule has 0 fully saturated rings. The largest absolute Gasteiger partial charge is 0.508 e. The lowest BCUT2D eigenvalue weighted by Gasteiger charge is -2.05. The Hall–Kier alpha value is -2.10. The Morgan fingerprint density at radius 1 is 1.06 bits per heavy atom. The van der Waals surface area contributed by atoms with E-state index in [4.69, 9.17) is 5.11 Å². The van der Waals surface area contributed by atoms with Crippen LogP contribution in [-0.4, -0.2) is 21.8 Å². The number of rotatable bonds is 4. The van der Waals surface area contributed by atoms with Gasteiger partial charge >= 0.3 is 0 Å². The second-order valence-electron chi connectivity index (χ2n) is 3.90. The molecule has 1 aromatic carbocycles. The summed E-state index contributed by atoms with van der Waals surface area (Å²) in [5.74, 6) is 1.08. The van der Waals surface area contributed by atoms with E-state index in [-0.39, 0.29) is 0 Å². The van der Waals surface area contributed by atoms with Gasteiger partial charge < -0.3 is 10.4 Å². The third kappa shape index (κ3) is 3.45. The minimum absolute atomic E-state index is 0.297. The number of nitrogens with one attached hydrogen (secondary N) is 1. The number of phenols is 1. The smallest absolute Gasteiger partial charge is 0.148 e.